The number of nitrogens with two attached hydrogens (primary N) is 1. The van der Waals surface area contributed by atoms with Gasteiger partial charge in [-0.2, -0.15) is 0 Å². The average Bonchev–Trinajstić information content (AvgIpc) is 2.65. The van der Waals surface area contributed by atoms with E-state index in [-0.39, 0.29) is 5.71 Å². The maximum absolute atomic E-state index is 10.7. The molecule has 0 radical (unpaired) electrons. The van der Waals surface area contributed by atoms with Crippen molar-refractivity contribution in [1.29, 1.82) is 0 Å². The highest BCUT2D eigenvalue weighted by Crippen LogP contribution is 2.11. The molecule has 0 saturated carbocycles. The molecule has 2 N–H and O–H groups in total. The summed E-state index contributed by atoms with van der Waals surface area (Å²) in [5.41, 5.74) is 6.08. The first-order valence-electron chi connectivity index (χ1n) is 4.64. The second-order valence-electron chi connectivity index (χ2n) is 2.85. The molecule has 0 aliphatic heterocycles. The van der Waals surface area contributed by atoms with Gasteiger partial charge in [0.1, 0.15) is 12.3 Å². The molecule has 0 unspecified atom stereocenters. The SMILES string of the molecule is CCCCO/N=C(\C=O)c1csc(N)n1. The summed E-state index contributed by atoms with van der Waals surface area (Å²) >= 11 is 1.26. The van der Waals surface area contributed by atoms with Gasteiger partial charge < -0.3 is 10.6 Å². The third kappa shape index (κ3) is 3.67. The second kappa shape index (κ2) is 6.13. The molecule has 5 nitrogen and oxygen atoms in total. The third-order valence-corrected chi connectivity index (χ3v) is 2.32. The zero-order valence-corrected chi connectivity index (χ0v) is 9.29. The van der Waals surface area contributed by atoms with Crippen LogP contribution in [0.5, 0.6) is 0 Å². The van der Waals surface area contributed by atoms with Gasteiger partial charge in [-0.15, -0.1) is 11.3 Å². The molecule has 0 aliphatic rings. The highest BCUT2D eigenvalue weighted by Gasteiger charge is 2.07. The normalized spacial score (nSPS) is 11.4. The number of aldehydes is 1. The van der Waals surface area contributed by atoms with Crippen molar-refractivity contribution in [2.45, 2.75) is 19.8 Å². The highest BCUT2D eigenvalue weighted by molar-refractivity contribution is 7.13. The van der Waals surface area contributed by atoms with Crippen molar-refractivity contribution >= 4 is 28.5 Å². The maximum atomic E-state index is 10.7. The van der Waals surface area contributed by atoms with Gasteiger partial charge in [0, 0.05) is 5.38 Å². The summed E-state index contributed by atoms with van der Waals surface area (Å²) in [5, 5.41) is 5.78. The molecule has 1 rings (SSSR count). The molecule has 0 amide bonds. The van der Waals surface area contributed by atoms with Crippen molar-refractivity contribution in [3.05, 3.63) is 11.1 Å². The van der Waals surface area contributed by atoms with E-state index in [9.17, 15) is 4.79 Å². The summed E-state index contributed by atoms with van der Waals surface area (Å²) in [7, 11) is 0. The lowest BCUT2D eigenvalue weighted by Gasteiger charge is -1.97. The monoisotopic (exact) mass is 227 g/mol. The predicted molar refractivity (Wildman–Crippen MR) is 60.0 cm³/mol. The van der Waals surface area contributed by atoms with E-state index in [0.717, 1.165) is 12.8 Å². The number of carbonyl (C=O) groups is 1. The molecular formula is C9H13N3O2S. The molecule has 1 heterocycles. The van der Waals surface area contributed by atoms with Crippen LogP contribution in [0.1, 0.15) is 25.5 Å². The third-order valence-electron chi connectivity index (χ3n) is 1.65. The molecule has 1 aromatic heterocycles. The number of nitrogens with zero attached hydrogens (tertiary/aromatic N) is 2. The molecule has 0 aliphatic carbocycles. The summed E-state index contributed by atoms with van der Waals surface area (Å²) in [4.78, 5) is 19.6. The Morgan fingerprint density at radius 2 is 2.60 bits per heavy atom. The Kier molecular flexibility index (Phi) is 4.76. The predicted octanol–water partition coefficient (Wildman–Crippen LogP) is 1.44. The molecule has 0 fully saturated rings. The second-order valence-corrected chi connectivity index (χ2v) is 3.74. The molecule has 0 spiro atoms. The Labute approximate surface area is 91.9 Å². The Bertz CT molecular complexity index is 349. The van der Waals surface area contributed by atoms with Crippen molar-refractivity contribution < 1.29 is 9.63 Å². The zero-order chi connectivity index (χ0) is 11.1. The van der Waals surface area contributed by atoms with Gasteiger partial charge in [-0.1, -0.05) is 18.5 Å². The largest absolute Gasteiger partial charge is 0.395 e. The van der Waals surface area contributed by atoms with Gasteiger partial charge in [-0.05, 0) is 6.42 Å². The van der Waals surface area contributed by atoms with Gasteiger partial charge in [0.15, 0.2) is 17.1 Å². The number of oxime groups is 1. The number of thiazole rings is 1. The molecular weight excluding hydrogens is 214 g/mol. The first-order valence-corrected chi connectivity index (χ1v) is 5.52. The van der Waals surface area contributed by atoms with Crippen molar-refractivity contribution in [3.8, 4) is 0 Å². The van der Waals surface area contributed by atoms with Gasteiger partial charge in [-0.25, -0.2) is 4.98 Å². The smallest absolute Gasteiger partial charge is 0.180 e. The van der Waals surface area contributed by atoms with Crippen LogP contribution in [-0.4, -0.2) is 23.6 Å². The van der Waals surface area contributed by atoms with Crippen LogP contribution in [0.25, 0.3) is 0 Å². The van der Waals surface area contributed by atoms with Crippen molar-refractivity contribution in [2.24, 2.45) is 5.16 Å². The van der Waals surface area contributed by atoms with Crippen molar-refractivity contribution in [1.82, 2.24) is 4.98 Å². The lowest BCUT2D eigenvalue weighted by Crippen LogP contribution is -2.04. The molecule has 1 aromatic rings. The quantitative estimate of drug-likeness (QED) is 0.345. The molecule has 82 valence electrons. The van der Waals surface area contributed by atoms with Gasteiger partial charge in [0.2, 0.25) is 0 Å². The molecule has 0 atom stereocenters. The molecule has 0 aromatic carbocycles. The van der Waals surface area contributed by atoms with E-state index in [1.165, 1.54) is 11.3 Å². The highest BCUT2D eigenvalue weighted by atomic mass is 32.1. The van der Waals surface area contributed by atoms with Crippen LogP contribution in [0.3, 0.4) is 0 Å². The maximum Gasteiger partial charge on any atom is 0.180 e. The summed E-state index contributed by atoms with van der Waals surface area (Å²) < 4.78 is 0. The number of unbranched alkanes of at least 4 members (excludes halogenated alkanes) is 1. The van der Waals surface area contributed by atoms with Crippen molar-refractivity contribution in [2.75, 3.05) is 12.3 Å². The Balaban J connectivity index is 2.59. The number of anilines is 1. The van der Waals surface area contributed by atoms with E-state index in [0.29, 0.717) is 23.7 Å². The summed E-state index contributed by atoms with van der Waals surface area (Å²) in [6, 6.07) is 0. The van der Waals surface area contributed by atoms with E-state index < -0.39 is 0 Å². The van der Waals surface area contributed by atoms with E-state index in [2.05, 4.69) is 17.1 Å². The number of hydrogen-bond donors (Lipinski definition) is 1. The fourth-order valence-corrected chi connectivity index (χ4v) is 1.41. The minimum atomic E-state index is 0.180. The van der Waals surface area contributed by atoms with Crippen LogP contribution in [0.15, 0.2) is 10.5 Å². The molecule has 15 heavy (non-hydrogen) atoms. The first-order chi connectivity index (χ1) is 7.27. The van der Waals surface area contributed by atoms with Crippen LogP contribution in [0, 0.1) is 0 Å². The van der Waals surface area contributed by atoms with Crippen LogP contribution in [0.2, 0.25) is 0 Å². The summed E-state index contributed by atoms with van der Waals surface area (Å²) in [5.74, 6) is 0. The number of aromatic nitrogens is 1. The van der Waals surface area contributed by atoms with Gasteiger partial charge >= 0.3 is 0 Å². The first kappa shape index (κ1) is 11.6. The zero-order valence-electron chi connectivity index (χ0n) is 8.47. The number of hydrogen-bond acceptors (Lipinski definition) is 6. The van der Waals surface area contributed by atoms with E-state index >= 15 is 0 Å². The van der Waals surface area contributed by atoms with Crippen LogP contribution >= 0.6 is 11.3 Å². The fraction of sp³-hybridized carbons (Fsp3) is 0.444. The van der Waals surface area contributed by atoms with Crippen LogP contribution < -0.4 is 5.73 Å². The minimum absolute atomic E-state index is 0.180. The summed E-state index contributed by atoms with van der Waals surface area (Å²) in [6.07, 6.45) is 2.55. The topological polar surface area (TPSA) is 77.6 Å². The molecule has 0 bridgehead atoms. The Hall–Kier alpha value is -1.43. The van der Waals surface area contributed by atoms with Crippen LogP contribution in [0.4, 0.5) is 5.13 Å². The van der Waals surface area contributed by atoms with Crippen LogP contribution in [-0.2, 0) is 9.63 Å². The van der Waals surface area contributed by atoms with Gasteiger partial charge in [-0.3, -0.25) is 4.79 Å². The van der Waals surface area contributed by atoms with Crippen molar-refractivity contribution in [3.63, 3.8) is 0 Å². The number of carbonyl (C=O) groups excluding carboxylic acids is 1. The lowest BCUT2D eigenvalue weighted by molar-refractivity contribution is -0.102. The fourth-order valence-electron chi connectivity index (χ4n) is 0.858. The molecule has 0 saturated heterocycles. The number of nitrogen functional groups attached to an aromatic ring is 1. The lowest BCUT2D eigenvalue weighted by atomic mass is 10.3. The van der Waals surface area contributed by atoms with E-state index in [4.69, 9.17) is 10.6 Å². The van der Waals surface area contributed by atoms with Gasteiger partial charge in [0.05, 0.1) is 0 Å². The van der Waals surface area contributed by atoms with Gasteiger partial charge in [0.25, 0.3) is 0 Å². The summed E-state index contributed by atoms with van der Waals surface area (Å²) in [6.45, 7) is 2.56. The Morgan fingerprint density at radius 1 is 1.80 bits per heavy atom. The minimum Gasteiger partial charge on any atom is -0.395 e. The average molecular weight is 227 g/mol. The molecule has 6 heteroatoms. The van der Waals surface area contributed by atoms with E-state index in [1.54, 1.807) is 5.38 Å². The Morgan fingerprint density at radius 3 is 3.13 bits per heavy atom. The standard InChI is InChI=1S/C9H13N3O2S/c1-2-3-4-14-12-7(5-13)8-6-15-9(10)11-8/h5-6H,2-4H2,1H3,(H2,10,11)/b12-7+. The number of rotatable bonds is 6. The van der Waals surface area contributed by atoms with E-state index in [1.807, 2.05) is 0 Å².